The number of fused-ring (bicyclic) bond motifs is 2. The number of carbonyl (C=O) groups excluding carboxylic acids is 1. The number of halogens is 1. The maximum atomic E-state index is 14.0. The highest BCUT2D eigenvalue weighted by molar-refractivity contribution is 5.99. The van der Waals surface area contributed by atoms with Gasteiger partial charge in [0.2, 0.25) is 5.76 Å². The van der Waals surface area contributed by atoms with Crippen LogP contribution in [0.2, 0.25) is 0 Å². The summed E-state index contributed by atoms with van der Waals surface area (Å²) in [5.41, 5.74) is 0.668. The summed E-state index contributed by atoms with van der Waals surface area (Å²) in [5, 5.41) is 0.108. The van der Waals surface area contributed by atoms with Crippen LogP contribution in [0, 0.1) is 5.82 Å². The van der Waals surface area contributed by atoms with Crippen LogP contribution < -0.4 is 14.9 Å². The number of hydrogen-bond acceptors (Lipinski definition) is 6. The van der Waals surface area contributed by atoms with Crippen molar-refractivity contribution in [2.24, 2.45) is 0 Å². The van der Waals surface area contributed by atoms with E-state index in [1.807, 2.05) is 25.1 Å². The zero-order chi connectivity index (χ0) is 25.9. The third-order valence-electron chi connectivity index (χ3n) is 6.94. The SMILES string of the molecule is CCCCCOc1ccc(C2c3c(oc4ccc(F)cc4c3=O)C(=O)N2CC2CCCO2)cc1OCC. The highest BCUT2D eigenvalue weighted by atomic mass is 19.1. The highest BCUT2D eigenvalue weighted by Crippen LogP contribution is 2.41. The lowest BCUT2D eigenvalue weighted by Gasteiger charge is -2.28. The molecule has 0 radical (unpaired) electrons. The van der Waals surface area contributed by atoms with Gasteiger partial charge in [0.1, 0.15) is 11.4 Å². The number of nitrogens with zero attached hydrogens (tertiary/aromatic N) is 1. The fourth-order valence-corrected chi connectivity index (χ4v) is 5.15. The van der Waals surface area contributed by atoms with Gasteiger partial charge < -0.3 is 23.5 Å². The van der Waals surface area contributed by atoms with Crippen molar-refractivity contribution in [1.82, 2.24) is 4.90 Å². The van der Waals surface area contributed by atoms with E-state index in [1.165, 1.54) is 12.1 Å². The Bertz CT molecular complexity index is 1350. The fraction of sp³-hybridized carbons (Fsp3) is 0.448. The van der Waals surface area contributed by atoms with Crippen molar-refractivity contribution in [2.75, 3.05) is 26.4 Å². The molecule has 0 bridgehead atoms. The van der Waals surface area contributed by atoms with Crippen molar-refractivity contribution in [3.63, 3.8) is 0 Å². The Morgan fingerprint density at radius 1 is 1.05 bits per heavy atom. The Kier molecular flexibility index (Phi) is 7.46. The fourth-order valence-electron chi connectivity index (χ4n) is 5.15. The zero-order valence-corrected chi connectivity index (χ0v) is 21.3. The summed E-state index contributed by atoms with van der Waals surface area (Å²) in [6.07, 6.45) is 4.73. The highest BCUT2D eigenvalue weighted by Gasteiger charge is 2.44. The summed E-state index contributed by atoms with van der Waals surface area (Å²) < 4.78 is 37.7. The molecule has 2 aromatic carbocycles. The maximum absolute atomic E-state index is 14.0. The zero-order valence-electron chi connectivity index (χ0n) is 21.3. The lowest BCUT2D eigenvalue weighted by molar-refractivity contribution is 0.0486. The van der Waals surface area contributed by atoms with Crippen LogP contribution in [-0.2, 0) is 4.74 Å². The van der Waals surface area contributed by atoms with Gasteiger partial charge in [-0.3, -0.25) is 9.59 Å². The van der Waals surface area contributed by atoms with Crippen molar-refractivity contribution < 1.29 is 27.8 Å². The average Bonchev–Trinajstić information content (AvgIpc) is 3.50. The summed E-state index contributed by atoms with van der Waals surface area (Å²) in [6, 6.07) is 8.53. The van der Waals surface area contributed by atoms with Crippen LogP contribution in [0.3, 0.4) is 0 Å². The quantitative estimate of drug-likeness (QED) is 0.330. The van der Waals surface area contributed by atoms with Crippen LogP contribution in [-0.4, -0.2) is 43.3 Å². The largest absolute Gasteiger partial charge is 0.490 e. The van der Waals surface area contributed by atoms with Gasteiger partial charge in [-0.15, -0.1) is 0 Å². The Morgan fingerprint density at radius 3 is 2.68 bits per heavy atom. The Hall–Kier alpha value is -3.39. The van der Waals surface area contributed by atoms with Gasteiger partial charge in [0.25, 0.3) is 5.91 Å². The van der Waals surface area contributed by atoms with Crippen molar-refractivity contribution in [3.05, 3.63) is 69.3 Å². The molecule has 3 aromatic rings. The lowest BCUT2D eigenvalue weighted by Crippen LogP contribution is -2.36. The van der Waals surface area contributed by atoms with Gasteiger partial charge in [-0.2, -0.15) is 0 Å². The number of carbonyl (C=O) groups is 1. The van der Waals surface area contributed by atoms with E-state index in [0.717, 1.165) is 38.2 Å². The van der Waals surface area contributed by atoms with Crippen LogP contribution >= 0.6 is 0 Å². The third kappa shape index (κ3) is 4.94. The molecule has 2 atom stereocenters. The van der Waals surface area contributed by atoms with Gasteiger partial charge >= 0.3 is 0 Å². The molecular formula is C29H32FNO6. The molecule has 0 saturated carbocycles. The van der Waals surface area contributed by atoms with E-state index in [1.54, 1.807) is 4.90 Å². The molecule has 0 N–H and O–H groups in total. The van der Waals surface area contributed by atoms with Crippen LogP contribution in [0.4, 0.5) is 4.39 Å². The van der Waals surface area contributed by atoms with Crippen molar-refractivity contribution >= 4 is 16.9 Å². The first kappa shape index (κ1) is 25.3. The molecule has 7 nitrogen and oxygen atoms in total. The molecule has 3 heterocycles. The number of amides is 1. The van der Waals surface area contributed by atoms with E-state index >= 15 is 0 Å². The minimum absolute atomic E-state index is 0.00930. The molecule has 0 aliphatic carbocycles. The summed E-state index contributed by atoms with van der Waals surface area (Å²) >= 11 is 0. The van der Waals surface area contributed by atoms with E-state index in [4.69, 9.17) is 18.6 Å². The first-order chi connectivity index (χ1) is 18.0. The average molecular weight is 510 g/mol. The topological polar surface area (TPSA) is 78.2 Å². The molecule has 1 fully saturated rings. The molecule has 2 aliphatic rings. The van der Waals surface area contributed by atoms with Crippen LogP contribution in [0.5, 0.6) is 11.5 Å². The second kappa shape index (κ2) is 10.9. The molecular weight excluding hydrogens is 477 g/mol. The van der Waals surface area contributed by atoms with Gasteiger partial charge in [-0.1, -0.05) is 25.8 Å². The van der Waals surface area contributed by atoms with Crippen molar-refractivity contribution in [2.45, 2.75) is 58.1 Å². The summed E-state index contributed by atoms with van der Waals surface area (Å²) in [5.74, 6) is 0.233. The maximum Gasteiger partial charge on any atom is 0.291 e. The van der Waals surface area contributed by atoms with Gasteiger partial charge in [0.15, 0.2) is 16.9 Å². The second-order valence-corrected chi connectivity index (χ2v) is 9.50. The minimum atomic E-state index is -0.719. The third-order valence-corrected chi connectivity index (χ3v) is 6.94. The van der Waals surface area contributed by atoms with Gasteiger partial charge in [-0.25, -0.2) is 4.39 Å². The van der Waals surface area contributed by atoms with E-state index in [0.29, 0.717) is 43.4 Å². The first-order valence-corrected chi connectivity index (χ1v) is 13.1. The number of benzene rings is 2. The summed E-state index contributed by atoms with van der Waals surface area (Å²) in [7, 11) is 0. The normalized spacial score (nSPS) is 19.0. The standard InChI is InChI=1S/C29H32FNO6/c1-3-5-6-13-36-23-11-9-18(15-24(23)34-4-2)26-25-27(32)21-16-19(30)10-12-22(21)37-28(25)29(33)31(26)17-20-8-7-14-35-20/h9-12,15-16,20,26H,3-8,13-14,17H2,1-2H3. The van der Waals surface area contributed by atoms with Crippen LogP contribution in [0.15, 0.2) is 45.6 Å². The van der Waals surface area contributed by atoms with E-state index in [2.05, 4.69) is 6.92 Å². The van der Waals surface area contributed by atoms with E-state index in [9.17, 15) is 14.0 Å². The van der Waals surface area contributed by atoms with Crippen molar-refractivity contribution in [1.29, 1.82) is 0 Å². The predicted molar refractivity (Wildman–Crippen MR) is 137 cm³/mol. The van der Waals surface area contributed by atoms with E-state index < -0.39 is 17.3 Å². The predicted octanol–water partition coefficient (Wildman–Crippen LogP) is 5.62. The lowest BCUT2D eigenvalue weighted by atomic mass is 9.97. The first-order valence-electron chi connectivity index (χ1n) is 13.1. The Balaban J connectivity index is 1.60. The van der Waals surface area contributed by atoms with Crippen molar-refractivity contribution in [3.8, 4) is 11.5 Å². The smallest absolute Gasteiger partial charge is 0.291 e. The molecule has 2 unspecified atom stereocenters. The monoisotopic (exact) mass is 509 g/mol. The molecule has 196 valence electrons. The number of rotatable bonds is 10. The van der Waals surface area contributed by atoms with Gasteiger partial charge in [-0.05, 0) is 62.1 Å². The Morgan fingerprint density at radius 2 is 1.92 bits per heavy atom. The van der Waals surface area contributed by atoms with Crippen LogP contribution in [0.25, 0.3) is 11.0 Å². The number of ether oxygens (including phenoxy) is 3. The molecule has 37 heavy (non-hydrogen) atoms. The minimum Gasteiger partial charge on any atom is -0.490 e. The molecule has 8 heteroatoms. The molecule has 1 saturated heterocycles. The van der Waals surface area contributed by atoms with Gasteiger partial charge in [0, 0.05) is 13.2 Å². The molecule has 0 spiro atoms. The summed E-state index contributed by atoms with van der Waals surface area (Å²) in [6.45, 7) is 5.99. The van der Waals surface area contributed by atoms with Crippen LogP contribution in [0.1, 0.15) is 73.7 Å². The molecule has 1 aromatic heterocycles. The number of unbranched alkanes of at least 4 members (excludes halogenated alkanes) is 2. The van der Waals surface area contributed by atoms with Gasteiger partial charge in [0.05, 0.1) is 36.3 Å². The Labute approximate surface area is 215 Å². The molecule has 5 rings (SSSR count). The number of hydrogen-bond donors (Lipinski definition) is 0. The van der Waals surface area contributed by atoms with E-state index in [-0.39, 0.29) is 34.3 Å². The second-order valence-electron chi connectivity index (χ2n) is 9.50. The molecule has 1 amide bonds. The summed E-state index contributed by atoms with van der Waals surface area (Å²) in [4.78, 5) is 28.9. The molecule has 2 aliphatic heterocycles.